The molecule has 0 saturated heterocycles. The van der Waals surface area contributed by atoms with Gasteiger partial charge in [0.05, 0.1) is 12.0 Å². The minimum atomic E-state index is -2.94. The largest absolute Gasteiger partial charge is 0.342 e. The average Bonchev–Trinajstić information content (AvgIpc) is 2.73. The zero-order chi connectivity index (χ0) is 23.3. The molecule has 3 nitrogen and oxygen atoms in total. The van der Waals surface area contributed by atoms with Crippen molar-refractivity contribution >= 4 is 11.7 Å². The lowest BCUT2D eigenvalue weighted by Gasteiger charge is -2.37. The molecule has 1 atom stereocenters. The fraction of sp³-hybridized carbons (Fsp3) is 0.200. The van der Waals surface area contributed by atoms with Crippen LogP contribution in [0.15, 0.2) is 72.8 Å². The lowest BCUT2D eigenvalue weighted by atomic mass is 9.77. The number of carbonyl (C=O) groups is 2. The second-order valence-electron chi connectivity index (χ2n) is 7.58. The van der Waals surface area contributed by atoms with E-state index in [1.807, 2.05) is 0 Å². The molecule has 3 aromatic carbocycles. The first-order chi connectivity index (χ1) is 15.2. The van der Waals surface area contributed by atoms with Crippen molar-refractivity contribution in [2.45, 2.75) is 31.7 Å². The summed E-state index contributed by atoms with van der Waals surface area (Å²) < 4.78 is 55.1. The van der Waals surface area contributed by atoms with E-state index in [4.69, 9.17) is 0 Å². The van der Waals surface area contributed by atoms with Crippen LogP contribution in [0.2, 0.25) is 0 Å². The van der Waals surface area contributed by atoms with Crippen LogP contribution in [0.4, 0.5) is 17.6 Å². The number of alkyl halides is 2. The zero-order valence-corrected chi connectivity index (χ0v) is 17.2. The summed E-state index contributed by atoms with van der Waals surface area (Å²) in [7, 11) is 0. The zero-order valence-electron chi connectivity index (χ0n) is 17.2. The van der Waals surface area contributed by atoms with Crippen molar-refractivity contribution in [3.05, 3.63) is 107 Å². The van der Waals surface area contributed by atoms with Gasteiger partial charge < -0.3 is 5.32 Å². The van der Waals surface area contributed by atoms with E-state index in [1.165, 1.54) is 31.2 Å². The molecule has 0 aliphatic carbocycles. The van der Waals surface area contributed by atoms with Crippen LogP contribution < -0.4 is 5.32 Å². The number of Topliss-reactive ketones (excluding diaryl/α,β-unsaturated/α-hetero) is 1. The van der Waals surface area contributed by atoms with Gasteiger partial charge in [0.15, 0.2) is 0 Å². The maximum Gasteiger partial charge on any atom is 0.263 e. The Hall–Kier alpha value is -3.48. The Kier molecular flexibility index (Phi) is 7.08. The maximum atomic E-state index is 14.4. The van der Waals surface area contributed by atoms with Crippen LogP contribution in [-0.2, 0) is 21.5 Å². The standard InChI is InChI=1S/C25H21F4NO2/c1-16(31)11-23(32)30-25(15-17-5-3-2-4-6-17,19-7-9-21(26)10-8-19)20-12-18(24(28)29)13-22(27)14-20/h2-10,12-14,24H,11,15H2,1H3,(H,30,32)/t25-/m1/s1. The van der Waals surface area contributed by atoms with Gasteiger partial charge in [-0.1, -0.05) is 42.5 Å². The second kappa shape index (κ2) is 9.77. The van der Waals surface area contributed by atoms with Crippen LogP contribution in [0.3, 0.4) is 0 Å². The fourth-order valence-corrected chi connectivity index (χ4v) is 3.69. The lowest BCUT2D eigenvalue weighted by molar-refractivity contribution is -0.128. The van der Waals surface area contributed by atoms with Crippen molar-refractivity contribution in [2.24, 2.45) is 0 Å². The van der Waals surface area contributed by atoms with Crippen LogP contribution in [0.5, 0.6) is 0 Å². The summed E-state index contributed by atoms with van der Waals surface area (Å²) in [5.41, 5.74) is -0.971. The van der Waals surface area contributed by atoms with Crippen LogP contribution in [-0.4, -0.2) is 11.7 Å². The predicted octanol–water partition coefficient (Wildman–Crippen LogP) is 5.48. The van der Waals surface area contributed by atoms with Gasteiger partial charge >= 0.3 is 0 Å². The summed E-state index contributed by atoms with van der Waals surface area (Å²) in [4.78, 5) is 24.3. The number of hydrogen-bond acceptors (Lipinski definition) is 2. The van der Waals surface area contributed by atoms with Crippen LogP contribution >= 0.6 is 0 Å². The molecule has 3 aromatic rings. The number of nitrogens with one attached hydrogen (secondary N) is 1. The predicted molar refractivity (Wildman–Crippen MR) is 112 cm³/mol. The third kappa shape index (κ3) is 5.41. The molecular weight excluding hydrogens is 422 g/mol. The molecule has 32 heavy (non-hydrogen) atoms. The third-order valence-corrected chi connectivity index (χ3v) is 5.08. The molecule has 166 valence electrons. The van der Waals surface area contributed by atoms with Gasteiger partial charge in [-0.3, -0.25) is 9.59 Å². The van der Waals surface area contributed by atoms with Gasteiger partial charge in [-0.2, -0.15) is 0 Å². The smallest absolute Gasteiger partial charge is 0.263 e. The van der Waals surface area contributed by atoms with E-state index in [9.17, 15) is 27.2 Å². The molecular formula is C25H21F4NO2. The molecule has 0 heterocycles. The van der Waals surface area contributed by atoms with Gasteiger partial charge in [-0.25, -0.2) is 17.6 Å². The van der Waals surface area contributed by atoms with Crippen molar-refractivity contribution in [1.29, 1.82) is 0 Å². The Bertz CT molecular complexity index is 1100. The average molecular weight is 443 g/mol. The molecule has 0 aliphatic heterocycles. The number of benzene rings is 3. The van der Waals surface area contributed by atoms with Gasteiger partial charge in [-0.15, -0.1) is 0 Å². The van der Waals surface area contributed by atoms with Gasteiger partial charge in [0.2, 0.25) is 5.91 Å². The molecule has 0 unspecified atom stereocenters. The Morgan fingerprint density at radius 2 is 1.53 bits per heavy atom. The SMILES string of the molecule is CC(=O)CC(=O)N[C@](Cc1ccccc1)(c1ccc(F)cc1)c1cc(F)cc(C(F)F)c1. The molecule has 0 fully saturated rings. The summed E-state index contributed by atoms with van der Waals surface area (Å²) in [6.45, 7) is 1.24. The number of hydrogen-bond donors (Lipinski definition) is 1. The van der Waals surface area contributed by atoms with Gasteiger partial charge in [0, 0.05) is 12.0 Å². The molecule has 0 aliphatic rings. The molecule has 3 rings (SSSR count). The minimum absolute atomic E-state index is 0.0508. The second-order valence-corrected chi connectivity index (χ2v) is 7.58. The molecule has 1 amide bonds. The first-order valence-electron chi connectivity index (χ1n) is 9.89. The highest BCUT2D eigenvalue weighted by molar-refractivity contribution is 5.97. The Labute approximate surface area is 183 Å². The molecule has 0 bridgehead atoms. The van der Waals surface area contributed by atoms with Gasteiger partial charge in [0.1, 0.15) is 17.4 Å². The van der Waals surface area contributed by atoms with Crippen LogP contribution in [0.1, 0.15) is 42.0 Å². The Balaban J connectivity index is 2.27. The summed E-state index contributed by atoms with van der Waals surface area (Å²) >= 11 is 0. The first kappa shape index (κ1) is 23.2. The maximum absolute atomic E-state index is 14.4. The van der Waals surface area contributed by atoms with E-state index in [0.717, 1.165) is 18.2 Å². The quantitative estimate of drug-likeness (QED) is 0.370. The van der Waals surface area contributed by atoms with Crippen LogP contribution in [0, 0.1) is 11.6 Å². The van der Waals surface area contributed by atoms with Gasteiger partial charge in [0.25, 0.3) is 6.43 Å². The van der Waals surface area contributed by atoms with Gasteiger partial charge in [-0.05, 0) is 53.9 Å². The van der Waals surface area contributed by atoms with E-state index in [1.54, 1.807) is 30.3 Å². The topological polar surface area (TPSA) is 46.2 Å². The van der Waals surface area contributed by atoms with E-state index in [-0.39, 0.29) is 12.0 Å². The Morgan fingerprint density at radius 1 is 0.875 bits per heavy atom. The number of rotatable bonds is 8. The molecule has 0 aromatic heterocycles. The summed E-state index contributed by atoms with van der Waals surface area (Å²) in [5, 5.41) is 2.76. The number of carbonyl (C=O) groups excluding carboxylic acids is 2. The number of amides is 1. The number of ketones is 1. The normalized spacial score (nSPS) is 12.9. The monoisotopic (exact) mass is 443 g/mol. The molecule has 1 N–H and O–H groups in total. The molecule has 0 radical (unpaired) electrons. The first-order valence-corrected chi connectivity index (χ1v) is 9.89. The van der Waals surface area contributed by atoms with Crippen molar-refractivity contribution in [1.82, 2.24) is 5.32 Å². The third-order valence-electron chi connectivity index (χ3n) is 5.08. The van der Waals surface area contributed by atoms with E-state index >= 15 is 0 Å². The molecule has 0 saturated carbocycles. The Morgan fingerprint density at radius 3 is 2.12 bits per heavy atom. The van der Waals surface area contributed by atoms with Crippen molar-refractivity contribution < 1.29 is 27.2 Å². The van der Waals surface area contributed by atoms with E-state index in [0.29, 0.717) is 11.1 Å². The summed E-state index contributed by atoms with van der Waals surface area (Å²) in [6.07, 6.45) is -3.34. The summed E-state index contributed by atoms with van der Waals surface area (Å²) in [6, 6.07) is 16.9. The van der Waals surface area contributed by atoms with E-state index in [2.05, 4.69) is 5.32 Å². The van der Waals surface area contributed by atoms with Crippen LogP contribution in [0.25, 0.3) is 0 Å². The lowest BCUT2D eigenvalue weighted by Crippen LogP contribution is -2.49. The highest BCUT2D eigenvalue weighted by Gasteiger charge is 2.37. The minimum Gasteiger partial charge on any atom is -0.342 e. The van der Waals surface area contributed by atoms with E-state index < -0.39 is 47.3 Å². The number of halogens is 4. The fourth-order valence-electron chi connectivity index (χ4n) is 3.69. The highest BCUT2D eigenvalue weighted by Crippen LogP contribution is 2.36. The molecule has 0 spiro atoms. The molecule has 7 heteroatoms. The highest BCUT2D eigenvalue weighted by atomic mass is 19.3. The van der Waals surface area contributed by atoms with Crippen molar-refractivity contribution in [3.8, 4) is 0 Å². The van der Waals surface area contributed by atoms with Crippen molar-refractivity contribution in [2.75, 3.05) is 0 Å². The van der Waals surface area contributed by atoms with Crippen molar-refractivity contribution in [3.63, 3.8) is 0 Å². The summed E-state index contributed by atoms with van der Waals surface area (Å²) in [5.74, 6) is -2.51.